The molecule has 1 aliphatic rings. The van der Waals surface area contributed by atoms with Crippen LogP contribution < -0.4 is 4.74 Å². The molecule has 1 fully saturated rings. The van der Waals surface area contributed by atoms with Crippen molar-refractivity contribution in [2.45, 2.75) is 32.8 Å². The van der Waals surface area contributed by atoms with E-state index in [9.17, 15) is 0 Å². The number of nitrogens with zero attached hydrogens (tertiary/aromatic N) is 1. The van der Waals surface area contributed by atoms with Crippen LogP contribution in [0.1, 0.15) is 24.0 Å². The maximum atomic E-state index is 5.67. The molecule has 0 amide bonds. The van der Waals surface area contributed by atoms with Crippen LogP contribution >= 0.6 is 0 Å². The van der Waals surface area contributed by atoms with Crippen molar-refractivity contribution >= 4 is 0 Å². The van der Waals surface area contributed by atoms with Gasteiger partial charge in [-0.1, -0.05) is 0 Å². The Morgan fingerprint density at radius 3 is 2.75 bits per heavy atom. The van der Waals surface area contributed by atoms with Gasteiger partial charge in [-0.15, -0.1) is 0 Å². The minimum Gasteiger partial charge on any atom is -0.489 e. The second-order valence-corrected chi connectivity index (χ2v) is 3.40. The molecule has 0 saturated heterocycles. The summed E-state index contributed by atoms with van der Waals surface area (Å²) >= 11 is 0. The zero-order chi connectivity index (χ0) is 8.55. The van der Waals surface area contributed by atoms with Crippen molar-refractivity contribution in [2.24, 2.45) is 0 Å². The molecule has 64 valence electrons. The Hall–Kier alpha value is -1.05. The Bertz CT molecular complexity index is 292. The van der Waals surface area contributed by atoms with Crippen LogP contribution in [0.5, 0.6) is 5.75 Å². The number of hydrogen-bond donors (Lipinski definition) is 0. The zero-order valence-corrected chi connectivity index (χ0v) is 7.50. The third-order valence-electron chi connectivity index (χ3n) is 2.24. The summed E-state index contributed by atoms with van der Waals surface area (Å²) in [5.74, 6) is 0.956. The van der Waals surface area contributed by atoms with Gasteiger partial charge in [-0.05, 0) is 37.8 Å². The van der Waals surface area contributed by atoms with Crippen LogP contribution in [0.4, 0.5) is 0 Å². The van der Waals surface area contributed by atoms with E-state index in [2.05, 4.69) is 18.8 Å². The minimum atomic E-state index is 0.465. The van der Waals surface area contributed by atoms with Gasteiger partial charge in [0.05, 0.1) is 12.3 Å². The standard InChI is InChI=1S/C10H13NO/c1-7-5-11-6-10(8(7)2)12-9-3-4-9/h5-6,9H,3-4H2,1-2H3. The fourth-order valence-electron chi connectivity index (χ4n) is 1.09. The van der Waals surface area contributed by atoms with Crippen LogP contribution in [0.15, 0.2) is 12.4 Å². The lowest BCUT2D eigenvalue weighted by molar-refractivity contribution is 0.299. The maximum Gasteiger partial charge on any atom is 0.141 e. The number of aromatic nitrogens is 1. The SMILES string of the molecule is Cc1cncc(OC2CC2)c1C. The van der Waals surface area contributed by atoms with E-state index in [0.29, 0.717) is 6.10 Å². The molecule has 1 aliphatic carbocycles. The van der Waals surface area contributed by atoms with Crippen molar-refractivity contribution in [2.75, 3.05) is 0 Å². The molecule has 0 bridgehead atoms. The van der Waals surface area contributed by atoms with Gasteiger partial charge >= 0.3 is 0 Å². The third-order valence-corrected chi connectivity index (χ3v) is 2.24. The van der Waals surface area contributed by atoms with Crippen LogP contribution in [0.25, 0.3) is 0 Å². The summed E-state index contributed by atoms with van der Waals surface area (Å²) in [5.41, 5.74) is 2.42. The van der Waals surface area contributed by atoms with E-state index in [0.717, 1.165) is 5.75 Å². The summed E-state index contributed by atoms with van der Waals surface area (Å²) in [4.78, 5) is 4.10. The van der Waals surface area contributed by atoms with Gasteiger partial charge in [0.1, 0.15) is 5.75 Å². The lowest BCUT2D eigenvalue weighted by Crippen LogP contribution is -1.99. The fourth-order valence-corrected chi connectivity index (χ4v) is 1.09. The molecule has 0 atom stereocenters. The third kappa shape index (κ3) is 1.42. The van der Waals surface area contributed by atoms with Crippen LogP contribution in [-0.4, -0.2) is 11.1 Å². The Morgan fingerprint density at radius 1 is 1.33 bits per heavy atom. The minimum absolute atomic E-state index is 0.465. The van der Waals surface area contributed by atoms with Crippen LogP contribution in [0.2, 0.25) is 0 Å². The van der Waals surface area contributed by atoms with E-state index in [-0.39, 0.29) is 0 Å². The summed E-state index contributed by atoms with van der Waals surface area (Å²) in [7, 11) is 0. The largest absolute Gasteiger partial charge is 0.489 e. The molecule has 1 aromatic rings. The molecule has 0 spiro atoms. The van der Waals surface area contributed by atoms with Gasteiger partial charge in [0.15, 0.2) is 0 Å². The predicted octanol–water partition coefficient (Wildman–Crippen LogP) is 2.24. The van der Waals surface area contributed by atoms with Crippen LogP contribution in [0, 0.1) is 13.8 Å². The first-order chi connectivity index (χ1) is 5.77. The molecule has 1 aromatic heterocycles. The number of pyridine rings is 1. The van der Waals surface area contributed by atoms with Crippen LogP contribution in [0.3, 0.4) is 0 Å². The topological polar surface area (TPSA) is 22.1 Å². The molecule has 2 rings (SSSR count). The van der Waals surface area contributed by atoms with E-state index in [4.69, 9.17) is 4.74 Å². The first-order valence-electron chi connectivity index (χ1n) is 4.35. The predicted molar refractivity (Wildman–Crippen MR) is 47.4 cm³/mol. The van der Waals surface area contributed by atoms with E-state index in [1.807, 2.05) is 6.20 Å². The van der Waals surface area contributed by atoms with Gasteiger partial charge in [0.25, 0.3) is 0 Å². The lowest BCUT2D eigenvalue weighted by Gasteiger charge is -2.08. The Balaban J connectivity index is 2.23. The van der Waals surface area contributed by atoms with Gasteiger partial charge in [-0.3, -0.25) is 4.98 Å². The summed E-state index contributed by atoms with van der Waals surface area (Å²) in [5, 5.41) is 0. The van der Waals surface area contributed by atoms with Crippen molar-refractivity contribution in [1.29, 1.82) is 0 Å². The average Bonchev–Trinajstić information content (AvgIpc) is 2.83. The highest BCUT2D eigenvalue weighted by Crippen LogP contribution is 2.29. The molecule has 0 N–H and O–H groups in total. The first kappa shape index (κ1) is 7.59. The van der Waals surface area contributed by atoms with E-state index in [1.165, 1.54) is 24.0 Å². The van der Waals surface area contributed by atoms with Crippen molar-refractivity contribution in [1.82, 2.24) is 4.98 Å². The molecule has 0 radical (unpaired) electrons. The van der Waals surface area contributed by atoms with Gasteiger partial charge in [0.2, 0.25) is 0 Å². The molecule has 1 heterocycles. The van der Waals surface area contributed by atoms with Gasteiger partial charge < -0.3 is 4.74 Å². The summed E-state index contributed by atoms with van der Waals surface area (Å²) < 4.78 is 5.67. The smallest absolute Gasteiger partial charge is 0.141 e. The quantitative estimate of drug-likeness (QED) is 0.667. The molecular formula is C10H13NO. The maximum absolute atomic E-state index is 5.67. The number of hydrogen-bond acceptors (Lipinski definition) is 2. The number of ether oxygens (including phenoxy) is 1. The van der Waals surface area contributed by atoms with E-state index < -0.39 is 0 Å². The first-order valence-corrected chi connectivity index (χ1v) is 4.35. The van der Waals surface area contributed by atoms with Crippen molar-refractivity contribution in [3.63, 3.8) is 0 Å². The highest BCUT2D eigenvalue weighted by atomic mass is 16.5. The van der Waals surface area contributed by atoms with Crippen molar-refractivity contribution in [3.8, 4) is 5.75 Å². The Labute approximate surface area is 72.6 Å². The molecule has 12 heavy (non-hydrogen) atoms. The molecule has 0 unspecified atom stereocenters. The lowest BCUT2D eigenvalue weighted by atomic mass is 10.2. The average molecular weight is 163 g/mol. The monoisotopic (exact) mass is 163 g/mol. The van der Waals surface area contributed by atoms with Gasteiger partial charge in [0, 0.05) is 6.20 Å². The highest BCUT2D eigenvalue weighted by Gasteiger charge is 2.24. The Kier molecular flexibility index (Phi) is 1.75. The van der Waals surface area contributed by atoms with Gasteiger partial charge in [-0.25, -0.2) is 0 Å². The Morgan fingerprint density at radius 2 is 2.08 bits per heavy atom. The highest BCUT2D eigenvalue weighted by molar-refractivity contribution is 5.35. The molecule has 0 aromatic carbocycles. The second-order valence-electron chi connectivity index (χ2n) is 3.40. The second kappa shape index (κ2) is 2.77. The molecular weight excluding hydrogens is 150 g/mol. The van der Waals surface area contributed by atoms with Crippen LogP contribution in [-0.2, 0) is 0 Å². The molecule has 2 nitrogen and oxygen atoms in total. The van der Waals surface area contributed by atoms with Gasteiger partial charge in [-0.2, -0.15) is 0 Å². The molecule has 0 aliphatic heterocycles. The summed E-state index contributed by atoms with van der Waals surface area (Å²) in [6, 6.07) is 0. The van der Waals surface area contributed by atoms with Crippen molar-refractivity contribution in [3.05, 3.63) is 23.5 Å². The fraction of sp³-hybridized carbons (Fsp3) is 0.500. The van der Waals surface area contributed by atoms with E-state index >= 15 is 0 Å². The zero-order valence-electron chi connectivity index (χ0n) is 7.50. The molecule has 1 saturated carbocycles. The number of aryl methyl sites for hydroxylation is 1. The normalized spacial score (nSPS) is 16.2. The number of rotatable bonds is 2. The van der Waals surface area contributed by atoms with E-state index in [1.54, 1.807) is 6.20 Å². The van der Waals surface area contributed by atoms with Crippen molar-refractivity contribution < 1.29 is 4.74 Å². The summed E-state index contributed by atoms with van der Waals surface area (Å²) in [6.07, 6.45) is 6.54. The summed E-state index contributed by atoms with van der Waals surface area (Å²) in [6.45, 7) is 4.14. The molecule has 2 heteroatoms.